The SMILES string of the molecule is O=c1[nH]c(C(F)(F)F)nc2c1CCN(Cc1ccccc1Cl)C2. The average molecular weight is 344 g/mol. The van der Waals surface area contributed by atoms with Crippen LogP contribution in [0, 0.1) is 0 Å². The first-order valence-corrected chi connectivity index (χ1v) is 7.37. The van der Waals surface area contributed by atoms with E-state index in [2.05, 4.69) is 4.98 Å². The van der Waals surface area contributed by atoms with Gasteiger partial charge in [-0.2, -0.15) is 13.2 Å². The summed E-state index contributed by atoms with van der Waals surface area (Å²) >= 11 is 6.11. The van der Waals surface area contributed by atoms with Crippen LogP contribution in [0.1, 0.15) is 22.6 Å². The van der Waals surface area contributed by atoms with Gasteiger partial charge in [-0.15, -0.1) is 0 Å². The molecule has 0 spiro atoms. The van der Waals surface area contributed by atoms with Crippen molar-refractivity contribution in [3.63, 3.8) is 0 Å². The van der Waals surface area contributed by atoms with Gasteiger partial charge in [-0.1, -0.05) is 29.8 Å². The fourth-order valence-electron chi connectivity index (χ4n) is 2.63. The zero-order valence-corrected chi connectivity index (χ0v) is 12.7. The summed E-state index contributed by atoms with van der Waals surface area (Å²) in [6.45, 7) is 1.25. The molecular weight excluding hydrogens is 331 g/mol. The van der Waals surface area contributed by atoms with Crippen LogP contribution >= 0.6 is 11.6 Å². The summed E-state index contributed by atoms with van der Waals surface area (Å²) in [6, 6.07) is 7.29. The molecule has 1 aliphatic rings. The second kappa shape index (κ2) is 5.98. The van der Waals surface area contributed by atoms with Crippen molar-refractivity contribution < 1.29 is 13.2 Å². The number of aromatic amines is 1. The minimum absolute atomic E-state index is 0.180. The van der Waals surface area contributed by atoms with E-state index in [0.29, 0.717) is 30.1 Å². The summed E-state index contributed by atoms with van der Waals surface area (Å²) in [5.41, 5.74) is 0.686. The van der Waals surface area contributed by atoms with Crippen LogP contribution < -0.4 is 5.56 Å². The van der Waals surface area contributed by atoms with Crippen LogP contribution in [0.2, 0.25) is 5.02 Å². The van der Waals surface area contributed by atoms with E-state index in [0.717, 1.165) is 5.56 Å². The molecule has 0 aliphatic carbocycles. The van der Waals surface area contributed by atoms with Gasteiger partial charge in [0.2, 0.25) is 5.82 Å². The van der Waals surface area contributed by atoms with E-state index in [-0.39, 0.29) is 12.2 Å². The molecule has 8 heteroatoms. The first-order valence-electron chi connectivity index (χ1n) is 6.99. The molecule has 0 unspecified atom stereocenters. The summed E-state index contributed by atoms with van der Waals surface area (Å²) in [6.07, 6.45) is -4.31. The number of H-pyrrole nitrogens is 1. The van der Waals surface area contributed by atoms with Crippen molar-refractivity contribution in [3.8, 4) is 0 Å². The van der Waals surface area contributed by atoms with Gasteiger partial charge in [0, 0.05) is 30.2 Å². The summed E-state index contributed by atoms with van der Waals surface area (Å²) in [5.74, 6) is -1.25. The third kappa shape index (κ3) is 3.40. The Morgan fingerprint density at radius 3 is 2.74 bits per heavy atom. The molecule has 0 atom stereocenters. The average Bonchev–Trinajstić information content (AvgIpc) is 2.48. The molecule has 0 radical (unpaired) electrons. The highest BCUT2D eigenvalue weighted by atomic mass is 35.5. The Balaban J connectivity index is 1.87. The number of nitrogens with one attached hydrogen (secondary N) is 1. The highest BCUT2D eigenvalue weighted by molar-refractivity contribution is 6.31. The minimum Gasteiger partial charge on any atom is -0.303 e. The fourth-order valence-corrected chi connectivity index (χ4v) is 2.83. The molecule has 2 heterocycles. The highest BCUT2D eigenvalue weighted by Gasteiger charge is 2.36. The highest BCUT2D eigenvalue weighted by Crippen LogP contribution is 2.27. The molecule has 4 nitrogen and oxygen atoms in total. The number of hydrogen-bond acceptors (Lipinski definition) is 3. The van der Waals surface area contributed by atoms with Crippen molar-refractivity contribution in [2.75, 3.05) is 6.54 Å². The number of aromatic nitrogens is 2. The van der Waals surface area contributed by atoms with Crippen molar-refractivity contribution in [1.29, 1.82) is 0 Å². The van der Waals surface area contributed by atoms with Crippen molar-refractivity contribution >= 4 is 11.6 Å². The Bertz CT molecular complexity index is 788. The lowest BCUT2D eigenvalue weighted by Crippen LogP contribution is -2.36. The molecular formula is C15H13ClF3N3O. The first kappa shape index (κ1) is 16.0. The van der Waals surface area contributed by atoms with Crippen molar-refractivity contribution in [2.24, 2.45) is 0 Å². The maximum atomic E-state index is 12.8. The third-order valence-corrected chi connectivity index (χ3v) is 4.14. The Labute approximate surface area is 134 Å². The molecule has 1 N–H and O–H groups in total. The van der Waals surface area contributed by atoms with Gasteiger partial charge in [0.1, 0.15) is 0 Å². The zero-order chi connectivity index (χ0) is 16.6. The predicted molar refractivity (Wildman–Crippen MR) is 79.1 cm³/mol. The summed E-state index contributed by atoms with van der Waals surface area (Å²) in [4.78, 5) is 19.2. The van der Waals surface area contributed by atoms with Crippen LogP contribution in [0.5, 0.6) is 0 Å². The van der Waals surface area contributed by atoms with E-state index in [1.165, 1.54) is 0 Å². The Kier molecular flexibility index (Phi) is 4.16. The van der Waals surface area contributed by atoms with Gasteiger partial charge in [-0.25, -0.2) is 4.98 Å². The Hall–Kier alpha value is -1.86. The molecule has 122 valence electrons. The molecule has 2 aromatic rings. The van der Waals surface area contributed by atoms with Gasteiger partial charge < -0.3 is 4.98 Å². The topological polar surface area (TPSA) is 49.0 Å². The van der Waals surface area contributed by atoms with Gasteiger partial charge >= 0.3 is 6.18 Å². The Morgan fingerprint density at radius 1 is 1.30 bits per heavy atom. The minimum atomic E-state index is -4.67. The second-order valence-electron chi connectivity index (χ2n) is 5.39. The summed E-state index contributed by atoms with van der Waals surface area (Å²) < 4.78 is 38.3. The quantitative estimate of drug-likeness (QED) is 0.912. The maximum absolute atomic E-state index is 12.8. The monoisotopic (exact) mass is 343 g/mol. The number of hydrogen-bond donors (Lipinski definition) is 1. The molecule has 0 fully saturated rings. The number of fused-ring (bicyclic) bond motifs is 1. The molecule has 1 aromatic heterocycles. The molecule has 23 heavy (non-hydrogen) atoms. The number of alkyl halides is 3. The number of nitrogens with zero attached hydrogens (tertiary/aromatic N) is 2. The standard InChI is InChI=1S/C15H13ClF3N3O/c16-11-4-2-1-3-9(11)7-22-6-5-10-12(8-22)20-14(15(17,18)19)21-13(10)23/h1-4H,5-8H2,(H,20,21,23). The number of rotatable bonds is 2. The largest absolute Gasteiger partial charge is 0.449 e. The van der Waals surface area contributed by atoms with Crippen LogP contribution in [-0.2, 0) is 25.7 Å². The van der Waals surface area contributed by atoms with Crippen molar-refractivity contribution in [1.82, 2.24) is 14.9 Å². The van der Waals surface area contributed by atoms with Gasteiger partial charge in [-0.3, -0.25) is 9.69 Å². The lowest BCUT2D eigenvalue weighted by atomic mass is 10.1. The van der Waals surface area contributed by atoms with E-state index < -0.39 is 17.6 Å². The predicted octanol–water partition coefficient (Wildman–Crippen LogP) is 3.00. The van der Waals surface area contributed by atoms with Crippen LogP contribution in [0.4, 0.5) is 13.2 Å². The molecule has 0 amide bonds. The molecule has 1 aliphatic heterocycles. The lowest BCUT2D eigenvalue weighted by Gasteiger charge is -2.28. The molecule has 0 bridgehead atoms. The summed E-state index contributed by atoms with van der Waals surface area (Å²) in [5, 5.41) is 0.605. The molecule has 1 aromatic carbocycles. The van der Waals surface area contributed by atoms with Crippen LogP contribution in [0.15, 0.2) is 29.1 Å². The van der Waals surface area contributed by atoms with E-state index in [1.807, 2.05) is 28.1 Å². The second-order valence-corrected chi connectivity index (χ2v) is 5.80. The van der Waals surface area contributed by atoms with Gasteiger partial charge in [-0.05, 0) is 18.1 Å². The molecule has 0 saturated carbocycles. The van der Waals surface area contributed by atoms with Crippen molar-refractivity contribution in [3.05, 3.63) is 62.3 Å². The Morgan fingerprint density at radius 2 is 2.04 bits per heavy atom. The summed E-state index contributed by atoms with van der Waals surface area (Å²) in [7, 11) is 0. The van der Waals surface area contributed by atoms with Gasteiger partial charge in [0.15, 0.2) is 0 Å². The zero-order valence-electron chi connectivity index (χ0n) is 12.0. The number of benzene rings is 1. The lowest BCUT2D eigenvalue weighted by molar-refractivity contribution is -0.145. The van der Waals surface area contributed by atoms with Crippen LogP contribution in [0.3, 0.4) is 0 Å². The van der Waals surface area contributed by atoms with E-state index in [4.69, 9.17) is 11.6 Å². The first-order chi connectivity index (χ1) is 10.8. The normalized spacial score (nSPS) is 15.5. The third-order valence-electron chi connectivity index (χ3n) is 3.77. The molecule has 0 saturated heterocycles. The fraction of sp³-hybridized carbons (Fsp3) is 0.333. The van der Waals surface area contributed by atoms with Crippen LogP contribution in [-0.4, -0.2) is 21.4 Å². The van der Waals surface area contributed by atoms with E-state index >= 15 is 0 Å². The van der Waals surface area contributed by atoms with E-state index in [1.54, 1.807) is 6.07 Å². The van der Waals surface area contributed by atoms with Crippen molar-refractivity contribution in [2.45, 2.75) is 25.7 Å². The molecule has 3 rings (SSSR count). The van der Waals surface area contributed by atoms with Crippen LogP contribution in [0.25, 0.3) is 0 Å². The van der Waals surface area contributed by atoms with Gasteiger partial charge in [0.25, 0.3) is 5.56 Å². The number of halogens is 4. The smallest absolute Gasteiger partial charge is 0.303 e. The van der Waals surface area contributed by atoms with Gasteiger partial charge in [0.05, 0.1) is 5.69 Å². The maximum Gasteiger partial charge on any atom is 0.449 e. The van der Waals surface area contributed by atoms with E-state index in [9.17, 15) is 18.0 Å².